The van der Waals surface area contributed by atoms with Gasteiger partial charge in [-0.15, -0.1) is 0 Å². The van der Waals surface area contributed by atoms with E-state index in [1.165, 1.54) is 0 Å². The van der Waals surface area contributed by atoms with E-state index < -0.39 is 6.09 Å². The van der Waals surface area contributed by atoms with E-state index in [2.05, 4.69) is 25.4 Å². The lowest BCUT2D eigenvalue weighted by atomic mass is 10.1. The summed E-state index contributed by atoms with van der Waals surface area (Å²) in [5, 5.41) is 17.4. The van der Waals surface area contributed by atoms with Crippen molar-refractivity contribution in [3.05, 3.63) is 36.9 Å². The zero-order chi connectivity index (χ0) is 20.2. The van der Waals surface area contributed by atoms with Crippen LogP contribution in [0.3, 0.4) is 0 Å². The van der Waals surface area contributed by atoms with Crippen molar-refractivity contribution in [2.24, 2.45) is 0 Å². The maximum atomic E-state index is 10.4. The number of unbranched alkanes of at least 4 members (excludes halogenated alkanes) is 2. The Labute approximate surface area is 166 Å². The van der Waals surface area contributed by atoms with Crippen LogP contribution in [-0.4, -0.2) is 49.6 Å². The van der Waals surface area contributed by atoms with Gasteiger partial charge in [0, 0.05) is 35.6 Å². The van der Waals surface area contributed by atoms with Gasteiger partial charge in [0.2, 0.25) is 0 Å². The van der Waals surface area contributed by atoms with E-state index in [9.17, 15) is 4.79 Å². The molecular formula is C20H22N6O3. The van der Waals surface area contributed by atoms with Crippen LogP contribution in [0.15, 0.2) is 36.9 Å². The Morgan fingerprint density at radius 1 is 1.17 bits per heavy atom. The fourth-order valence-corrected chi connectivity index (χ4v) is 3.31. The van der Waals surface area contributed by atoms with Crippen molar-refractivity contribution < 1.29 is 14.6 Å². The molecule has 0 saturated heterocycles. The molecule has 0 spiro atoms. The van der Waals surface area contributed by atoms with Crippen molar-refractivity contribution in [2.45, 2.75) is 25.8 Å². The summed E-state index contributed by atoms with van der Waals surface area (Å²) in [6.45, 7) is 1.26. The van der Waals surface area contributed by atoms with E-state index in [1.807, 2.05) is 35.4 Å². The van der Waals surface area contributed by atoms with Gasteiger partial charge in [0.15, 0.2) is 0 Å². The number of fused-ring (bicyclic) bond motifs is 3. The second-order valence-corrected chi connectivity index (χ2v) is 6.80. The second-order valence-electron chi connectivity index (χ2n) is 6.80. The molecule has 0 saturated carbocycles. The van der Waals surface area contributed by atoms with Gasteiger partial charge in [0.25, 0.3) is 0 Å². The van der Waals surface area contributed by atoms with Gasteiger partial charge in [0.05, 0.1) is 36.9 Å². The zero-order valence-electron chi connectivity index (χ0n) is 16.1. The number of hydrogen-bond donors (Lipinski definition) is 3. The average Bonchev–Trinajstić information content (AvgIpc) is 3.34. The molecule has 0 unspecified atom stereocenters. The number of ether oxygens (including phenoxy) is 1. The van der Waals surface area contributed by atoms with Gasteiger partial charge in [-0.1, -0.05) is 0 Å². The maximum absolute atomic E-state index is 10.4. The predicted molar refractivity (Wildman–Crippen MR) is 109 cm³/mol. The number of carbonyl (C=O) groups is 1. The number of nitrogens with zero attached hydrogens (tertiary/aromatic N) is 4. The summed E-state index contributed by atoms with van der Waals surface area (Å²) >= 11 is 0. The summed E-state index contributed by atoms with van der Waals surface area (Å²) in [5.74, 6) is 0.711. The minimum Gasteiger partial charge on any atom is -0.495 e. The monoisotopic (exact) mass is 394 g/mol. The van der Waals surface area contributed by atoms with Crippen LogP contribution in [0.4, 0.5) is 4.79 Å². The van der Waals surface area contributed by atoms with E-state index >= 15 is 0 Å². The standard InChI is InChI=1S/C20H22N6O3/c1-29-14-7-16-15-8-17(22-11-18(15)25-19(16)23-10-14)13-9-24-26(12-13)6-4-2-3-5-21-20(27)28/h7-12,21H,2-6H2,1H3,(H,23,25)(H,27,28). The highest BCUT2D eigenvalue weighted by Gasteiger charge is 2.10. The summed E-state index contributed by atoms with van der Waals surface area (Å²) in [6.07, 6.45) is 9.00. The van der Waals surface area contributed by atoms with E-state index in [0.717, 1.165) is 59.0 Å². The highest BCUT2D eigenvalue weighted by Crippen LogP contribution is 2.29. The van der Waals surface area contributed by atoms with E-state index in [4.69, 9.17) is 9.84 Å². The topological polar surface area (TPSA) is 118 Å². The summed E-state index contributed by atoms with van der Waals surface area (Å²) in [7, 11) is 1.63. The first-order valence-corrected chi connectivity index (χ1v) is 9.45. The predicted octanol–water partition coefficient (Wildman–Crippen LogP) is 3.42. The van der Waals surface area contributed by atoms with Crippen molar-refractivity contribution in [3.8, 4) is 17.0 Å². The fraction of sp³-hybridized carbons (Fsp3) is 0.300. The van der Waals surface area contributed by atoms with Crippen LogP contribution in [0.2, 0.25) is 0 Å². The van der Waals surface area contributed by atoms with E-state index in [-0.39, 0.29) is 0 Å². The Hall–Kier alpha value is -3.62. The number of methoxy groups -OCH3 is 1. The third kappa shape index (κ3) is 4.13. The Balaban J connectivity index is 1.47. The second kappa shape index (κ2) is 8.17. The highest BCUT2D eigenvalue weighted by molar-refractivity contribution is 6.06. The number of amides is 1. The van der Waals surface area contributed by atoms with Gasteiger partial charge >= 0.3 is 6.09 Å². The molecule has 0 fully saturated rings. The maximum Gasteiger partial charge on any atom is 0.404 e. The molecule has 29 heavy (non-hydrogen) atoms. The van der Waals surface area contributed by atoms with Crippen molar-refractivity contribution in [3.63, 3.8) is 0 Å². The van der Waals surface area contributed by atoms with Crippen molar-refractivity contribution >= 4 is 28.0 Å². The largest absolute Gasteiger partial charge is 0.495 e. The molecule has 0 aliphatic carbocycles. The third-order valence-corrected chi connectivity index (χ3v) is 4.81. The minimum atomic E-state index is -0.976. The van der Waals surface area contributed by atoms with E-state index in [1.54, 1.807) is 13.3 Å². The van der Waals surface area contributed by atoms with Crippen LogP contribution >= 0.6 is 0 Å². The molecule has 1 amide bonds. The molecular weight excluding hydrogens is 372 g/mol. The molecule has 0 bridgehead atoms. The third-order valence-electron chi connectivity index (χ3n) is 4.81. The number of H-pyrrole nitrogens is 1. The molecule has 0 radical (unpaired) electrons. The molecule has 0 aromatic carbocycles. The number of aromatic amines is 1. The Bertz CT molecular complexity index is 1150. The average molecular weight is 394 g/mol. The van der Waals surface area contributed by atoms with E-state index in [0.29, 0.717) is 12.3 Å². The molecule has 0 aliphatic heterocycles. The Kier molecular flexibility index (Phi) is 5.28. The smallest absolute Gasteiger partial charge is 0.404 e. The zero-order valence-corrected chi connectivity index (χ0v) is 16.1. The quantitative estimate of drug-likeness (QED) is 0.394. The molecule has 4 aromatic heterocycles. The van der Waals surface area contributed by atoms with Crippen molar-refractivity contribution in [1.29, 1.82) is 0 Å². The number of pyridine rings is 2. The lowest BCUT2D eigenvalue weighted by molar-refractivity contribution is 0.194. The summed E-state index contributed by atoms with van der Waals surface area (Å²) in [6, 6.07) is 4.00. The van der Waals surface area contributed by atoms with Gasteiger partial charge in [-0.3, -0.25) is 9.67 Å². The number of rotatable bonds is 8. The summed E-state index contributed by atoms with van der Waals surface area (Å²) in [5.41, 5.74) is 3.52. The molecule has 4 aromatic rings. The number of carboxylic acid groups (broad SMARTS) is 1. The number of aryl methyl sites for hydroxylation is 1. The SMILES string of the molecule is COc1cnc2[nH]c3cnc(-c4cnn(CCCCCNC(=O)O)c4)cc3c2c1. The van der Waals surface area contributed by atoms with Crippen LogP contribution in [0.25, 0.3) is 33.2 Å². The summed E-state index contributed by atoms with van der Waals surface area (Å²) < 4.78 is 7.19. The summed E-state index contributed by atoms with van der Waals surface area (Å²) in [4.78, 5) is 22.6. The van der Waals surface area contributed by atoms with Crippen LogP contribution < -0.4 is 10.1 Å². The molecule has 0 atom stereocenters. The lowest BCUT2D eigenvalue weighted by Gasteiger charge is -2.02. The molecule has 3 N–H and O–H groups in total. The number of hydrogen-bond acceptors (Lipinski definition) is 5. The Morgan fingerprint density at radius 2 is 2.07 bits per heavy atom. The van der Waals surface area contributed by atoms with Crippen molar-refractivity contribution in [1.82, 2.24) is 30.0 Å². The minimum absolute atomic E-state index is 0.480. The van der Waals surface area contributed by atoms with Gasteiger partial charge in [-0.25, -0.2) is 9.78 Å². The lowest BCUT2D eigenvalue weighted by Crippen LogP contribution is -2.21. The van der Waals surface area contributed by atoms with Gasteiger partial charge < -0.3 is 20.1 Å². The molecule has 150 valence electrons. The first kappa shape index (κ1) is 18.7. The molecule has 4 rings (SSSR count). The van der Waals surface area contributed by atoms with Gasteiger partial charge in [-0.05, 0) is 31.4 Å². The number of nitrogens with one attached hydrogen (secondary N) is 2. The van der Waals surface area contributed by atoms with Crippen LogP contribution in [0, 0.1) is 0 Å². The number of aromatic nitrogens is 5. The molecule has 9 heteroatoms. The first-order chi connectivity index (χ1) is 14.1. The first-order valence-electron chi connectivity index (χ1n) is 9.45. The Morgan fingerprint density at radius 3 is 2.90 bits per heavy atom. The molecule has 0 aliphatic rings. The normalized spacial score (nSPS) is 11.2. The van der Waals surface area contributed by atoms with Crippen LogP contribution in [0.5, 0.6) is 5.75 Å². The van der Waals surface area contributed by atoms with Gasteiger partial charge in [-0.2, -0.15) is 5.10 Å². The molecule has 9 nitrogen and oxygen atoms in total. The van der Waals surface area contributed by atoms with Crippen LogP contribution in [0.1, 0.15) is 19.3 Å². The van der Waals surface area contributed by atoms with Crippen molar-refractivity contribution in [2.75, 3.05) is 13.7 Å². The van der Waals surface area contributed by atoms with Gasteiger partial charge in [0.1, 0.15) is 11.4 Å². The van der Waals surface area contributed by atoms with Crippen LogP contribution in [-0.2, 0) is 6.54 Å². The molecule has 4 heterocycles. The highest BCUT2D eigenvalue weighted by atomic mass is 16.5. The fourth-order valence-electron chi connectivity index (χ4n) is 3.31.